The van der Waals surface area contributed by atoms with Crippen LogP contribution in [0, 0.1) is 0 Å². The van der Waals surface area contributed by atoms with Crippen LogP contribution in [0.25, 0.3) is 0 Å². The van der Waals surface area contributed by atoms with Crippen molar-refractivity contribution < 1.29 is 9.90 Å². The lowest BCUT2D eigenvalue weighted by Crippen LogP contribution is -2.03. The summed E-state index contributed by atoms with van der Waals surface area (Å²) in [6, 6.07) is 9.44. The van der Waals surface area contributed by atoms with Gasteiger partial charge in [0.05, 0.1) is 0 Å². The number of hydrogen-bond acceptors (Lipinski definition) is 1. The molecule has 0 atom stereocenters. The van der Waals surface area contributed by atoms with E-state index in [1.54, 1.807) is 0 Å². The van der Waals surface area contributed by atoms with Crippen LogP contribution in [0.3, 0.4) is 0 Å². The number of carbonyl (C=O) groups is 1. The summed E-state index contributed by atoms with van der Waals surface area (Å²) in [5.41, 5.74) is 4.03. The Morgan fingerprint density at radius 2 is 1.73 bits per heavy atom. The maximum absolute atomic E-state index is 8.78. The second-order valence-corrected chi connectivity index (χ2v) is 2.07. The molecule has 1 aromatic rings. The fourth-order valence-corrected chi connectivity index (χ4v) is 0.560. The Morgan fingerprint density at radius 1 is 1.36 bits per heavy atom. The zero-order valence-corrected chi connectivity index (χ0v) is 6.45. The van der Waals surface area contributed by atoms with E-state index in [1.807, 2.05) is 30.3 Å². The van der Waals surface area contributed by atoms with Crippen molar-refractivity contribution in [1.29, 1.82) is 0 Å². The number of halogens is 1. The van der Waals surface area contributed by atoms with Gasteiger partial charge >= 0.3 is 6.09 Å². The van der Waals surface area contributed by atoms with Gasteiger partial charge in [0, 0.05) is 5.02 Å². The van der Waals surface area contributed by atoms with Crippen LogP contribution in [0.4, 0.5) is 4.79 Å². The molecular formula is C7H8ClNO2. The predicted molar refractivity (Wildman–Crippen MR) is 43.7 cm³/mol. The molecule has 60 valence electrons. The predicted octanol–water partition coefficient (Wildman–Crippen LogP) is 1.96. The Morgan fingerprint density at radius 3 is 1.91 bits per heavy atom. The van der Waals surface area contributed by atoms with Crippen LogP contribution in [0.1, 0.15) is 0 Å². The van der Waals surface area contributed by atoms with Gasteiger partial charge in [-0.25, -0.2) is 4.79 Å². The molecule has 0 aliphatic carbocycles. The summed E-state index contributed by atoms with van der Waals surface area (Å²) in [5.74, 6) is 0. The lowest BCUT2D eigenvalue weighted by atomic mass is 10.4. The number of nitrogens with two attached hydrogens (primary N) is 1. The van der Waals surface area contributed by atoms with E-state index in [-0.39, 0.29) is 0 Å². The molecule has 0 aliphatic heterocycles. The molecule has 0 saturated carbocycles. The van der Waals surface area contributed by atoms with E-state index in [2.05, 4.69) is 5.73 Å². The molecule has 0 bridgehead atoms. The fraction of sp³-hybridized carbons (Fsp3) is 0. The van der Waals surface area contributed by atoms with Crippen LogP contribution in [-0.4, -0.2) is 11.2 Å². The molecule has 1 rings (SSSR count). The molecule has 1 aromatic carbocycles. The van der Waals surface area contributed by atoms with Crippen molar-refractivity contribution in [3.05, 3.63) is 35.4 Å². The summed E-state index contributed by atoms with van der Waals surface area (Å²) >= 11 is 5.54. The summed E-state index contributed by atoms with van der Waals surface area (Å²) in [4.78, 5) is 8.78. The molecule has 3 N–H and O–H groups in total. The van der Waals surface area contributed by atoms with Gasteiger partial charge in [-0.05, 0) is 12.1 Å². The Bertz CT molecular complexity index is 209. The van der Waals surface area contributed by atoms with Crippen molar-refractivity contribution in [2.45, 2.75) is 0 Å². The van der Waals surface area contributed by atoms with Gasteiger partial charge in [-0.1, -0.05) is 29.8 Å². The minimum absolute atomic E-state index is 0.794. The lowest BCUT2D eigenvalue weighted by Gasteiger charge is -1.80. The van der Waals surface area contributed by atoms with E-state index in [0.29, 0.717) is 0 Å². The highest BCUT2D eigenvalue weighted by atomic mass is 35.5. The quantitative estimate of drug-likeness (QED) is 0.630. The molecule has 1 amide bonds. The van der Waals surface area contributed by atoms with Crippen LogP contribution in [0.15, 0.2) is 30.3 Å². The summed E-state index contributed by atoms with van der Waals surface area (Å²) < 4.78 is 0. The lowest BCUT2D eigenvalue weighted by molar-refractivity contribution is 0.205. The van der Waals surface area contributed by atoms with E-state index in [0.717, 1.165) is 5.02 Å². The van der Waals surface area contributed by atoms with E-state index in [9.17, 15) is 0 Å². The smallest absolute Gasteiger partial charge is 0.402 e. The van der Waals surface area contributed by atoms with Crippen molar-refractivity contribution in [3.63, 3.8) is 0 Å². The third-order valence-electron chi connectivity index (χ3n) is 0.733. The SMILES string of the molecule is Clc1ccccc1.NC(=O)O. The van der Waals surface area contributed by atoms with Crippen molar-refractivity contribution in [3.8, 4) is 0 Å². The Kier molecular flexibility index (Phi) is 4.94. The molecule has 11 heavy (non-hydrogen) atoms. The Labute approximate surface area is 69.4 Å². The number of benzene rings is 1. The van der Waals surface area contributed by atoms with Crippen molar-refractivity contribution >= 4 is 17.7 Å². The number of rotatable bonds is 0. The number of carboxylic acid groups (broad SMARTS) is 1. The van der Waals surface area contributed by atoms with Crippen molar-refractivity contribution in [1.82, 2.24) is 0 Å². The van der Waals surface area contributed by atoms with Gasteiger partial charge in [-0.15, -0.1) is 0 Å². The van der Waals surface area contributed by atoms with E-state index in [1.165, 1.54) is 0 Å². The molecule has 0 heterocycles. The first-order chi connectivity index (χ1) is 5.13. The maximum atomic E-state index is 8.78. The first kappa shape index (κ1) is 9.78. The van der Waals surface area contributed by atoms with Crippen LogP contribution < -0.4 is 5.73 Å². The molecule has 0 unspecified atom stereocenters. The number of primary amides is 1. The second kappa shape index (κ2) is 5.56. The number of hydrogen-bond donors (Lipinski definition) is 2. The molecule has 0 aromatic heterocycles. The summed E-state index contributed by atoms with van der Waals surface area (Å²) in [5, 5.41) is 7.99. The Balaban J connectivity index is 0.000000218. The summed E-state index contributed by atoms with van der Waals surface area (Å²) in [6.45, 7) is 0. The summed E-state index contributed by atoms with van der Waals surface area (Å²) in [7, 11) is 0. The highest BCUT2D eigenvalue weighted by Gasteiger charge is 1.74. The van der Waals surface area contributed by atoms with Crippen LogP contribution in [-0.2, 0) is 0 Å². The second-order valence-electron chi connectivity index (χ2n) is 1.63. The van der Waals surface area contributed by atoms with Gasteiger partial charge in [0.25, 0.3) is 0 Å². The van der Waals surface area contributed by atoms with E-state index >= 15 is 0 Å². The molecule has 0 radical (unpaired) electrons. The normalized spacial score (nSPS) is 7.73. The molecule has 0 saturated heterocycles. The third-order valence-corrected chi connectivity index (χ3v) is 0.985. The molecule has 0 aliphatic rings. The summed E-state index contributed by atoms with van der Waals surface area (Å²) in [6.07, 6.45) is -1.33. The highest BCUT2D eigenvalue weighted by Crippen LogP contribution is 2.03. The molecule has 0 fully saturated rings. The van der Waals surface area contributed by atoms with Gasteiger partial charge in [-0.2, -0.15) is 0 Å². The average Bonchev–Trinajstić information content (AvgIpc) is 1.87. The topological polar surface area (TPSA) is 63.3 Å². The van der Waals surface area contributed by atoms with E-state index < -0.39 is 6.09 Å². The molecule has 4 heteroatoms. The van der Waals surface area contributed by atoms with Gasteiger partial charge in [-0.3, -0.25) is 0 Å². The minimum atomic E-state index is -1.33. The van der Waals surface area contributed by atoms with Crippen LogP contribution in [0.5, 0.6) is 0 Å². The van der Waals surface area contributed by atoms with Crippen molar-refractivity contribution in [2.24, 2.45) is 5.73 Å². The molecule has 3 nitrogen and oxygen atoms in total. The first-order valence-electron chi connectivity index (χ1n) is 2.82. The first-order valence-corrected chi connectivity index (χ1v) is 3.19. The zero-order valence-electron chi connectivity index (χ0n) is 5.70. The van der Waals surface area contributed by atoms with Gasteiger partial charge in [0.1, 0.15) is 0 Å². The largest absolute Gasteiger partial charge is 0.465 e. The van der Waals surface area contributed by atoms with Crippen molar-refractivity contribution in [2.75, 3.05) is 0 Å². The Hall–Kier alpha value is -1.22. The zero-order chi connectivity index (χ0) is 8.69. The highest BCUT2D eigenvalue weighted by molar-refractivity contribution is 6.30. The van der Waals surface area contributed by atoms with Gasteiger partial charge in [0.15, 0.2) is 0 Å². The standard InChI is InChI=1S/C6H5Cl.CH3NO2/c7-6-4-2-1-3-5-6;2-1(3)4/h1-5H;2H2,(H,3,4). The minimum Gasteiger partial charge on any atom is -0.465 e. The number of amides is 1. The van der Waals surface area contributed by atoms with Gasteiger partial charge < -0.3 is 10.8 Å². The van der Waals surface area contributed by atoms with Crippen LogP contribution in [0.2, 0.25) is 5.02 Å². The monoisotopic (exact) mass is 173 g/mol. The van der Waals surface area contributed by atoms with Crippen LogP contribution >= 0.6 is 11.6 Å². The average molecular weight is 174 g/mol. The van der Waals surface area contributed by atoms with Gasteiger partial charge in [0.2, 0.25) is 0 Å². The molecule has 0 spiro atoms. The van der Waals surface area contributed by atoms with E-state index in [4.69, 9.17) is 21.5 Å². The molecular weight excluding hydrogens is 166 g/mol. The fourth-order valence-electron chi connectivity index (χ4n) is 0.415. The maximum Gasteiger partial charge on any atom is 0.402 e. The third kappa shape index (κ3) is 8.78.